The monoisotopic (exact) mass is 370 g/mol. The number of benzene rings is 4. The van der Waals surface area contributed by atoms with E-state index in [0.29, 0.717) is 0 Å². The Balaban J connectivity index is 1.84. The van der Waals surface area contributed by atoms with Crippen LogP contribution < -0.4 is 0 Å². The first-order valence-corrected chi connectivity index (χ1v) is 9.86. The Labute approximate surface area is 168 Å². The number of para-hydroxylation sites is 2. The van der Waals surface area contributed by atoms with Crippen LogP contribution in [0.1, 0.15) is 16.7 Å². The molecule has 136 valence electrons. The molecule has 0 saturated carbocycles. The van der Waals surface area contributed by atoms with E-state index in [1.54, 1.807) is 0 Å². The lowest BCUT2D eigenvalue weighted by Gasteiger charge is -2.12. The molecule has 0 atom stereocenters. The fourth-order valence-corrected chi connectivity index (χ4v) is 5.08. The molecule has 0 saturated heterocycles. The number of fused-ring (bicyclic) bond motifs is 6. The molecule has 2 heteroatoms. The molecule has 2 aromatic heterocycles. The second-order valence-corrected chi connectivity index (χ2v) is 7.89. The third-order valence-electron chi connectivity index (χ3n) is 6.15. The van der Waals surface area contributed by atoms with Gasteiger partial charge in [0.1, 0.15) is 0 Å². The Kier molecular flexibility index (Phi) is 3.12. The van der Waals surface area contributed by atoms with E-state index in [-0.39, 0.29) is 0 Å². The summed E-state index contributed by atoms with van der Waals surface area (Å²) < 4.78 is 2.40. The van der Waals surface area contributed by atoms with E-state index in [1.165, 1.54) is 49.2 Å². The number of nitriles is 1. The van der Waals surface area contributed by atoms with Crippen molar-refractivity contribution in [3.63, 3.8) is 0 Å². The normalized spacial score (nSPS) is 11.8. The lowest BCUT2D eigenvalue weighted by molar-refractivity contribution is 1.35. The van der Waals surface area contributed by atoms with Crippen LogP contribution in [0.5, 0.6) is 0 Å². The molecule has 0 radical (unpaired) electrons. The lowest BCUT2D eigenvalue weighted by atomic mass is 9.91. The van der Waals surface area contributed by atoms with E-state index in [9.17, 15) is 5.26 Å². The number of hydrogen-bond acceptors (Lipinski definition) is 1. The van der Waals surface area contributed by atoms with E-state index >= 15 is 0 Å². The zero-order valence-electron chi connectivity index (χ0n) is 16.3. The maximum absolute atomic E-state index is 9.33. The molecule has 0 aliphatic carbocycles. The zero-order chi connectivity index (χ0) is 19.7. The van der Waals surface area contributed by atoms with Crippen molar-refractivity contribution in [3.05, 3.63) is 89.5 Å². The molecule has 29 heavy (non-hydrogen) atoms. The smallest absolute Gasteiger partial charge is 0.0991 e. The molecule has 0 unspecified atom stereocenters. The predicted octanol–water partition coefficient (Wildman–Crippen LogP) is 6.99. The molecule has 0 aliphatic heterocycles. The summed E-state index contributed by atoms with van der Waals surface area (Å²) in [6.45, 7) is 4.20. The van der Waals surface area contributed by atoms with Crippen LogP contribution in [0.25, 0.3) is 49.2 Å². The van der Waals surface area contributed by atoms with Crippen LogP contribution in [0.2, 0.25) is 0 Å². The maximum Gasteiger partial charge on any atom is 0.0991 e. The van der Waals surface area contributed by atoms with Crippen LogP contribution in [0, 0.1) is 25.2 Å². The summed E-state index contributed by atoms with van der Waals surface area (Å²) in [6.07, 6.45) is 0. The van der Waals surface area contributed by atoms with Crippen LogP contribution in [0.15, 0.2) is 72.8 Å². The van der Waals surface area contributed by atoms with Gasteiger partial charge in [-0.25, -0.2) is 0 Å². The first kappa shape index (κ1) is 16.2. The molecule has 0 bridgehead atoms. The first-order chi connectivity index (χ1) is 14.2. The van der Waals surface area contributed by atoms with E-state index in [0.717, 1.165) is 16.7 Å². The second-order valence-electron chi connectivity index (χ2n) is 7.89. The Bertz CT molecular complexity index is 1520. The highest BCUT2D eigenvalue weighted by Gasteiger charge is 2.19. The lowest BCUT2D eigenvalue weighted by Crippen LogP contribution is -1.91. The van der Waals surface area contributed by atoms with Gasteiger partial charge in [0, 0.05) is 21.5 Å². The molecule has 0 aliphatic rings. The average molecular weight is 370 g/mol. The summed E-state index contributed by atoms with van der Waals surface area (Å²) in [5.74, 6) is 0. The second kappa shape index (κ2) is 5.59. The van der Waals surface area contributed by atoms with Crippen molar-refractivity contribution in [3.8, 4) is 17.2 Å². The van der Waals surface area contributed by atoms with Crippen LogP contribution in [0.3, 0.4) is 0 Å². The minimum Gasteiger partial charge on any atom is -0.308 e. The number of aryl methyl sites for hydroxylation is 2. The Morgan fingerprint density at radius 1 is 0.690 bits per heavy atom. The number of nitrogens with zero attached hydrogens (tertiary/aromatic N) is 2. The molecule has 0 amide bonds. The van der Waals surface area contributed by atoms with Crippen LogP contribution >= 0.6 is 0 Å². The number of aromatic nitrogens is 1. The fraction of sp³-hybridized carbons (Fsp3) is 0.0741. The van der Waals surface area contributed by atoms with E-state index in [2.05, 4.69) is 85.0 Å². The van der Waals surface area contributed by atoms with Crippen molar-refractivity contribution in [2.75, 3.05) is 0 Å². The van der Waals surface area contributed by atoms with E-state index in [4.69, 9.17) is 0 Å². The van der Waals surface area contributed by atoms with Gasteiger partial charge in [-0.05, 0) is 72.5 Å². The standard InChI is InChI=1S/C27H18N2/c1-16-11-18(15-28)12-17(2)26(16)19-13-22-20-7-3-5-9-24(20)29-25-10-6-4-8-21(25)23(14-19)27(22)29/h3-14H,1-2H3. The SMILES string of the molecule is Cc1cc(C#N)cc(C)c1-c1cc2c3ccccc3n3c4ccccc4c(c1)c23. The van der Waals surface area contributed by atoms with E-state index < -0.39 is 0 Å². The maximum atomic E-state index is 9.33. The highest BCUT2D eigenvalue weighted by Crippen LogP contribution is 2.42. The predicted molar refractivity (Wildman–Crippen MR) is 121 cm³/mol. The quantitative estimate of drug-likeness (QED) is 0.306. The van der Waals surface area contributed by atoms with Gasteiger partial charge in [-0.3, -0.25) is 0 Å². The van der Waals surface area contributed by atoms with Gasteiger partial charge in [-0.1, -0.05) is 36.4 Å². The van der Waals surface area contributed by atoms with Crippen molar-refractivity contribution in [2.45, 2.75) is 13.8 Å². The van der Waals surface area contributed by atoms with Gasteiger partial charge < -0.3 is 4.40 Å². The van der Waals surface area contributed by atoms with Crippen molar-refractivity contribution in [2.24, 2.45) is 0 Å². The average Bonchev–Trinajstić information content (AvgIpc) is 3.24. The molecular weight excluding hydrogens is 352 g/mol. The van der Waals surface area contributed by atoms with Crippen LogP contribution in [-0.2, 0) is 0 Å². The summed E-state index contributed by atoms with van der Waals surface area (Å²) in [4.78, 5) is 0. The molecule has 6 rings (SSSR count). The van der Waals surface area contributed by atoms with Crippen molar-refractivity contribution in [1.29, 1.82) is 5.26 Å². The summed E-state index contributed by atoms with van der Waals surface area (Å²) in [5.41, 5.74) is 9.23. The van der Waals surface area contributed by atoms with Gasteiger partial charge in [0.25, 0.3) is 0 Å². The van der Waals surface area contributed by atoms with Gasteiger partial charge >= 0.3 is 0 Å². The van der Waals surface area contributed by atoms with Gasteiger partial charge in [0.15, 0.2) is 0 Å². The number of hydrogen-bond donors (Lipinski definition) is 0. The summed E-state index contributed by atoms with van der Waals surface area (Å²) in [7, 11) is 0. The summed E-state index contributed by atoms with van der Waals surface area (Å²) in [5, 5.41) is 14.5. The summed E-state index contributed by atoms with van der Waals surface area (Å²) in [6, 6.07) is 28.2. The molecule has 0 fully saturated rings. The summed E-state index contributed by atoms with van der Waals surface area (Å²) >= 11 is 0. The largest absolute Gasteiger partial charge is 0.308 e. The molecule has 0 spiro atoms. The molecule has 2 heterocycles. The minimum atomic E-state index is 0.719. The van der Waals surface area contributed by atoms with Crippen LogP contribution in [-0.4, -0.2) is 4.40 Å². The van der Waals surface area contributed by atoms with Crippen molar-refractivity contribution in [1.82, 2.24) is 4.40 Å². The Hall–Kier alpha value is -3.83. The highest BCUT2D eigenvalue weighted by atomic mass is 14.9. The molecule has 0 N–H and O–H groups in total. The third-order valence-corrected chi connectivity index (χ3v) is 6.15. The third kappa shape index (κ3) is 2.05. The van der Waals surface area contributed by atoms with Gasteiger partial charge in [-0.15, -0.1) is 0 Å². The molecular formula is C27H18N2. The van der Waals surface area contributed by atoms with E-state index in [1.807, 2.05) is 12.1 Å². The zero-order valence-corrected chi connectivity index (χ0v) is 16.3. The van der Waals surface area contributed by atoms with Crippen LogP contribution in [0.4, 0.5) is 0 Å². The van der Waals surface area contributed by atoms with Gasteiger partial charge in [-0.2, -0.15) is 5.26 Å². The molecule has 2 nitrogen and oxygen atoms in total. The molecule has 6 aromatic rings. The van der Waals surface area contributed by atoms with Crippen molar-refractivity contribution < 1.29 is 0 Å². The fourth-order valence-electron chi connectivity index (χ4n) is 5.08. The van der Waals surface area contributed by atoms with Crippen molar-refractivity contribution >= 4 is 38.1 Å². The number of rotatable bonds is 1. The van der Waals surface area contributed by atoms with Gasteiger partial charge in [0.2, 0.25) is 0 Å². The van der Waals surface area contributed by atoms with Gasteiger partial charge in [0.05, 0.1) is 28.2 Å². The minimum absolute atomic E-state index is 0.719. The Morgan fingerprint density at radius 2 is 1.21 bits per heavy atom. The highest BCUT2D eigenvalue weighted by molar-refractivity contribution is 6.24. The first-order valence-electron chi connectivity index (χ1n) is 9.86. The topological polar surface area (TPSA) is 28.2 Å². The molecule has 4 aromatic carbocycles. The Morgan fingerprint density at radius 3 is 1.72 bits per heavy atom.